The summed E-state index contributed by atoms with van der Waals surface area (Å²) in [7, 11) is 0. The Balaban J connectivity index is 2.54. The minimum atomic E-state index is -0.214. The minimum Gasteiger partial charge on any atom is -0.465 e. The Kier molecular flexibility index (Phi) is 7.28. The summed E-state index contributed by atoms with van der Waals surface area (Å²) < 4.78 is 4.88. The molecule has 1 N–H and O–H groups in total. The number of ether oxygens (including phenoxy) is 1. The third-order valence-corrected chi connectivity index (χ3v) is 3.83. The Hall–Kier alpha value is -0.710. The molecule has 0 fully saturated rings. The topological polar surface area (TPSA) is 38.3 Å². The molecule has 0 bridgehead atoms. The highest BCUT2D eigenvalue weighted by Crippen LogP contribution is 2.28. The highest BCUT2D eigenvalue weighted by molar-refractivity contribution is 8.00. The number of thioether (sulfide) groups is 1. The van der Waals surface area contributed by atoms with Gasteiger partial charge in [-0.2, -0.15) is 0 Å². The Labute approximate surface area is 124 Å². The summed E-state index contributed by atoms with van der Waals surface area (Å²) >= 11 is 7.61. The van der Waals surface area contributed by atoms with Gasteiger partial charge in [0.2, 0.25) is 0 Å². The Morgan fingerprint density at radius 2 is 2.21 bits per heavy atom. The molecular weight excluding hydrogens is 282 g/mol. The van der Waals surface area contributed by atoms with Crippen molar-refractivity contribution in [1.82, 2.24) is 5.32 Å². The van der Waals surface area contributed by atoms with E-state index in [2.05, 4.69) is 19.2 Å². The first-order chi connectivity index (χ1) is 9.02. The summed E-state index contributed by atoms with van der Waals surface area (Å²) in [5, 5.41) is 4.01. The fourth-order valence-electron chi connectivity index (χ4n) is 1.43. The molecule has 1 aromatic carbocycles. The third-order valence-electron chi connectivity index (χ3n) is 2.36. The maximum absolute atomic E-state index is 11.3. The molecule has 0 atom stereocenters. The molecule has 0 unspecified atom stereocenters. The lowest BCUT2D eigenvalue weighted by atomic mass is 10.2. The van der Waals surface area contributed by atoms with Gasteiger partial charge in [-0.15, -0.1) is 11.8 Å². The van der Waals surface area contributed by atoms with Gasteiger partial charge in [-0.05, 0) is 24.6 Å². The summed E-state index contributed by atoms with van der Waals surface area (Å²) in [5.74, 6) is 0.0751. The summed E-state index contributed by atoms with van der Waals surface area (Å²) in [6.07, 6.45) is 0. The Morgan fingerprint density at radius 3 is 2.79 bits per heavy atom. The van der Waals surface area contributed by atoms with Crippen LogP contribution in [0.5, 0.6) is 0 Å². The molecule has 1 aromatic rings. The van der Waals surface area contributed by atoms with Gasteiger partial charge < -0.3 is 10.1 Å². The molecule has 0 aliphatic carbocycles. The monoisotopic (exact) mass is 301 g/mol. The quantitative estimate of drug-likeness (QED) is 0.618. The van der Waals surface area contributed by atoms with Crippen molar-refractivity contribution >= 4 is 29.3 Å². The molecule has 1 rings (SSSR count). The van der Waals surface area contributed by atoms with Gasteiger partial charge in [-0.3, -0.25) is 4.79 Å². The van der Waals surface area contributed by atoms with Crippen LogP contribution in [0.3, 0.4) is 0 Å². The standard InChI is InChI=1S/C14H20ClNO2S/c1-4-18-14(17)9-19-13-6-5-11(7-12(13)15)8-16-10(2)3/h5-7,10,16H,4,8-9H2,1-3H3. The van der Waals surface area contributed by atoms with Crippen molar-refractivity contribution < 1.29 is 9.53 Å². The second-order valence-electron chi connectivity index (χ2n) is 4.39. The van der Waals surface area contributed by atoms with E-state index in [1.165, 1.54) is 11.8 Å². The average Bonchev–Trinajstić information content (AvgIpc) is 2.35. The summed E-state index contributed by atoms with van der Waals surface area (Å²) in [6, 6.07) is 6.35. The molecule has 0 aromatic heterocycles. The zero-order valence-corrected chi connectivity index (χ0v) is 13.1. The molecule has 19 heavy (non-hydrogen) atoms. The van der Waals surface area contributed by atoms with E-state index in [-0.39, 0.29) is 11.7 Å². The molecule has 0 saturated carbocycles. The predicted octanol–water partition coefficient (Wildman–Crippen LogP) is 3.49. The molecule has 5 heteroatoms. The molecule has 0 aliphatic heterocycles. The first-order valence-corrected chi connectivity index (χ1v) is 7.69. The van der Waals surface area contributed by atoms with Gasteiger partial charge in [-0.25, -0.2) is 0 Å². The van der Waals surface area contributed by atoms with Crippen molar-refractivity contribution in [3.63, 3.8) is 0 Å². The van der Waals surface area contributed by atoms with E-state index in [0.29, 0.717) is 17.7 Å². The van der Waals surface area contributed by atoms with E-state index in [1.54, 1.807) is 6.92 Å². The molecule has 0 aliphatic rings. The molecule has 0 heterocycles. The lowest BCUT2D eigenvalue weighted by molar-refractivity contribution is -0.139. The molecule has 0 saturated heterocycles. The van der Waals surface area contributed by atoms with Gasteiger partial charge in [-0.1, -0.05) is 31.5 Å². The van der Waals surface area contributed by atoms with Crippen LogP contribution in [0.1, 0.15) is 26.3 Å². The van der Waals surface area contributed by atoms with E-state index < -0.39 is 0 Å². The second-order valence-corrected chi connectivity index (χ2v) is 5.82. The maximum atomic E-state index is 11.3. The highest BCUT2D eigenvalue weighted by atomic mass is 35.5. The summed E-state index contributed by atoms with van der Waals surface area (Å²) in [4.78, 5) is 12.2. The van der Waals surface area contributed by atoms with Crippen molar-refractivity contribution in [3.05, 3.63) is 28.8 Å². The van der Waals surface area contributed by atoms with Gasteiger partial charge in [0, 0.05) is 17.5 Å². The van der Waals surface area contributed by atoms with Crippen LogP contribution in [0, 0.1) is 0 Å². The first-order valence-electron chi connectivity index (χ1n) is 6.33. The van der Waals surface area contributed by atoms with E-state index in [0.717, 1.165) is 17.0 Å². The largest absolute Gasteiger partial charge is 0.465 e. The van der Waals surface area contributed by atoms with Crippen LogP contribution in [-0.2, 0) is 16.1 Å². The number of halogens is 1. The van der Waals surface area contributed by atoms with Gasteiger partial charge >= 0.3 is 5.97 Å². The zero-order chi connectivity index (χ0) is 14.3. The van der Waals surface area contributed by atoms with Crippen molar-refractivity contribution in [2.24, 2.45) is 0 Å². The van der Waals surface area contributed by atoms with Crippen LogP contribution in [0.4, 0.5) is 0 Å². The van der Waals surface area contributed by atoms with E-state index >= 15 is 0 Å². The number of hydrogen-bond donors (Lipinski definition) is 1. The maximum Gasteiger partial charge on any atom is 0.316 e. The van der Waals surface area contributed by atoms with E-state index in [4.69, 9.17) is 16.3 Å². The van der Waals surface area contributed by atoms with Crippen LogP contribution < -0.4 is 5.32 Å². The fraction of sp³-hybridized carbons (Fsp3) is 0.500. The lowest BCUT2D eigenvalue weighted by Crippen LogP contribution is -2.21. The Bertz CT molecular complexity index is 424. The predicted molar refractivity (Wildman–Crippen MR) is 80.8 cm³/mol. The van der Waals surface area contributed by atoms with Crippen LogP contribution in [-0.4, -0.2) is 24.4 Å². The van der Waals surface area contributed by atoms with Crippen LogP contribution in [0.25, 0.3) is 0 Å². The third kappa shape index (κ3) is 6.32. The molecule has 0 spiro atoms. The van der Waals surface area contributed by atoms with Crippen molar-refractivity contribution in [1.29, 1.82) is 0 Å². The number of carbonyl (C=O) groups excluding carboxylic acids is 1. The average molecular weight is 302 g/mol. The smallest absolute Gasteiger partial charge is 0.316 e. The van der Waals surface area contributed by atoms with Crippen molar-refractivity contribution in [2.45, 2.75) is 38.3 Å². The van der Waals surface area contributed by atoms with Gasteiger partial charge in [0.25, 0.3) is 0 Å². The number of benzene rings is 1. The van der Waals surface area contributed by atoms with Crippen LogP contribution in [0.2, 0.25) is 5.02 Å². The fourth-order valence-corrected chi connectivity index (χ4v) is 2.52. The van der Waals surface area contributed by atoms with E-state index in [1.807, 2.05) is 18.2 Å². The molecule has 0 radical (unpaired) electrons. The van der Waals surface area contributed by atoms with Crippen LogP contribution in [0.15, 0.2) is 23.1 Å². The molecular formula is C14H20ClNO2S. The zero-order valence-electron chi connectivity index (χ0n) is 11.5. The van der Waals surface area contributed by atoms with Gasteiger partial charge in [0.1, 0.15) is 0 Å². The van der Waals surface area contributed by atoms with E-state index in [9.17, 15) is 4.79 Å². The lowest BCUT2D eigenvalue weighted by Gasteiger charge is -2.10. The molecule has 0 amide bonds. The Morgan fingerprint density at radius 1 is 1.47 bits per heavy atom. The van der Waals surface area contributed by atoms with Gasteiger partial charge in [0.15, 0.2) is 0 Å². The highest BCUT2D eigenvalue weighted by Gasteiger charge is 2.07. The number of nitrogens with one attached hydrogen (secondary N) is 1. The minimum absolute atomic E-state index is 0.214. The molecule has 106 valence electrons. The van der Waals surface area contributed by atoms with Gasteiger partial charge in [0.05, 0.1) is 17.4 Å². The molecule has 3 nitrogen and oxygen atoms in total. The summed E-state index contributed by atoms with van der Waals surface area (Å²) in [5.41, 5.74) is 1.14. The van der Waals surface area contributed by atoms with Crippen LogP contribution >= 0.6 is 23.4 Å². The normalized spacial score (nSPS) is 10.8. The van der Waals surface area contributed by atoms with Crippen molar-refractivity contribution in [2.75, 3.05) is 12.4 Å². The second kappa shape index (κ2) is 8.46. The summed E-state index contributed by atoms with van der Waals surface area (Å²) in [6.45, 7) is 7.20. The number of rotatable bonds is 7. The number of carbonyl (C=O) groups is 1. The SMILES string of the molecule is CCOC(=O)CSc1ccc(CNC(C)C)cc1Cl. The number of hydrogen-bond acceptors (Lipinski definition) is 4. The van der Waals surface area contributed by atoms with Crippen molar-refractivity contribution in [3.8, 4) is 0 Å². The number of esters is 1. The first kappa shape index (κ1) is 16.3.